The number of para-hydroxylation sites is 3. The van der Waals surface area contributed by atoms with Crippen molar-refractivity contribution in [3.05, 3.63) is 200 Å². The van der Waals surface area contributed by atoms with Gasteiger partial charge in [0, 0.05) is 44.4 Å². The Morgan fingerprint density at radius 3 is 1.45 bits per heavy atom. The highest BCUT2D eigenvalue weighted by molar-refractivity contribution is 7.20. The van der Waals surface area contributed by atoms with Crippen molar-refractivity contribution in [2.24, 2.45) is 0 Å². The van der Waals surface area contributed by atoms with E-state index in [9.17, 15) is 0 Å². The second-order valence-electron chi connectivity index (χ2n) is 16.2. The Morgan fingerprint density at radius 1 is 0.414 bits per heavy atom. The Kier molecular flexibility index (Phi) is 7.64. The maximum absolute atomic E-state index is 7.31. The molecule has 4 heteroatoms. The van der Waals surface area contributed by atoms with Crippen molar-refractivity contribution in [3.63, 3.8) is 0 Å². The topological polar surface area (TPSA) is 19.1 Å². The summed E-state index contributed by atoms with van der Waals surface area (Å²) in [4.78, 5) is 0. The minimum atomic E-state index is -2.94. The van der Waals surface area contributed by atoms with E-state index in [2.05, 4.69) is 203 Å². The lowest BCUT2D eigenvalue weighted by Crippen LogP contribution is -2.75. The lowest BCUT2D eigenvalue weighted by Gasteiger charge is -2.36. The van der Waals surface area contributed by atoms with Gasteiger partial charge in [-0.05, 0) is 88.5 Å². The van der Waals surface area contributed by atoms with Crippen LogP contribution in [0.15, 0.2) is 194 Å². The predicted octanol–water partition coefficient (Wildman–Crippen LogP) is 10.7. The smallest absolute Gasteiger partial charge is 0.184 e. The van der Waals surface area contributed by atoms with Crippen LogP contribution in [0.5, 0.6) is 5.75 Å². The van der Waals surface area contributed by atoms with E-state index in [0.29, 0.717) is 5.92 Å². The first-order valence-electron chi connectivity index (χ1n) is 20.8. The summed E-state index contributed by atoms with van der Waals surface area (Å²) in [6.45, 7) is 0. The first-order chi connectivity index (χ1) is 28.8. The first-order valence-corrected chi connectivity index (χ1v) is 22.8. The molecule has 0 saturated heterocycles. The molecule has 1 aliphatic heterocycles. The Balaban J connectivity index is 1.17. The lowest BCUT2D eigenvalue weighted by molar-refractivity contribution is 0.165. The van der Waals surface area contributed by atoms with Gasteiger partial charge in [0.1, 0.15) is 11.9 Å². The fourth-order valence-corrected chi connectivity index (χ4v) is 15.7. The summed E-state index contributed by atoms with van der Waals surface area (Å²) in [5.74, 6) is 1.50. The third-order valence-corrected chi connectivity index (χ3v) is 18.0. The van der Waals surface area contributed by atoms with E-state index in [4.69, 9.17) is 4.74 Å². The monoisotopic (exact) mass is 762 g/mol. The zero-order chi connectivity index (χ0) is 38.2. The zero-order valence-electron chi connectivity index (χ0n) is 32.3. The standard InChI is InChI=1S/C54H42N2OSi/c1-4-18-39(19-5-1)58(40-20-6-2-7-21-40,41-22-8-3-9-23-41)53-36-38(35-47-45-27-13-17-31-52(45)57-54(47)53)56-50-30-16-12-26-44(50)46-34-37(32-33-51(46)56)55-48-28-14-10-24-42(48)43-25-11-15-29-49(43)55/h1-12,14-16,18-26,28-30,32-36,45,52H,13,17,27,31H2. The van der Waals surface area contributed by atoms with Crippen LogP contribution in [0, 0.1) is 0 Å². The van der Waals surface area contributed by atoms with E-state index in [0.717, 1.165) is 18.6 Å². The van der Waals surface area contributed by atoms with Crippen LogP contribution < -0.4 is 25.5 Å². The van der Waals surface area contributed by atoms with Gasteiger partial charge < -0.3 is 13.9 Å². The highest BCUT2D eigenvalue weighted by Crippen LogP contribution is 2.47. The van der Waals surface area contributed by atoms with Gasteiger partial charge >= 0.3 is 0 Å². The SMILES string of the molecule is c1ccc([Si](c2ccccc2)(c2ccccc2)c2cc(-n3c4ccccc4c4cc(-n5c6ccccc6c6ccccc65)ccc43)cc3c2OC2CCCCC32)cc1. The van der Waals surface area contributed by atoms with Gasteiger partial charge in [-0.25, -0.2) is 0 Å². The molecule has 58 heavy (non-hydrogen) atoms. The first kappa shape index (κ1) is 33.5. The predicted molar refractivity (Wildman–Crippen MR) is 244 cm³/mol. The van der Waals surface area contributed by atoms with Crippen molar-refractivity contribution < 1.29 is 4.74 Å². The van der Waals surface area contributed by atoms with Gasteiger partial charge in [-0.15, -0.1) is 0 Å². The molecule has 0 bridgehead atoms. The summed E-state index contributed by atoms with van der Waals surface area (Å²) in [6, 6.07) is 72.6. The molecule has 3 heterocycles. The van der Waals surface area contributed by atoms with Gasteiger partial charge in [-0.2, -0.15) is 0 Å². The summed E-state index contributed by atoms with van der Waals surface area (Å²) in [7, 11) is -2.94. The van der Waals surface area contributed by atoms with Crippen LogP contribution in [0.2, 0.25) is 0 Å². The van der Waals surface area contributed by atoms with Crippen LogP contribution >= 0.6 is 0 Å². The van der Waals surface area contributed by atoms with Crippen LogP contribution in [-0.2, 0) is 0 Å². The molecular formula is C54H42N2OSi. The largest absolute Gasteiger partial charge is 0.490 e. The summed E-state index contributed by atoms with van der Waals surface area (Å²) < 4.78 is 12.3. The zero-order valence-corrected chi connectivity index (χ0v) is 33.3. The van der Waals surface area contributed by atoms with Crippen molar-refractivity contribution in [3.8, 4) is 17.1 Å². The molecule has 1 aliphatic carbocycles. The molecule has 2 aliphatic rings. The van der Waals surface area contributed by atoms with Gasteiger partial charge in [0.15, 0.2) is 8.07 Å². The van der Waals surface area contributed by atoms with Gasteiger partial charge in [0.05, 0.1) is 22.1 Å². The molecule has 0 N–H and O–H groups in total. The van der Waals surface area contributed by atoms with E-state index < -0.39 is 8.07 Å². The normalized spacial score (nSPS) is 16.5. The molecule has 1 saturated carbocycles. The molecule has 2 aromatic heterocycles. The Bertz CT molecular complexity index is 3020. The van der Waals surface area contributed by atoms with Crippen LogP contribution in [-0.4, -0.2) is 23.3 Å². The molecular weight excluding hydrogens is 721 g/mol. The summed E-state index contributed by atoms with van der Waals surface area (Å²) in [5, 5.41) is 10.5. The number of hydrogen-bond donors (Lipinski definition) is 0. The maximum Gasteiger partial charge on any atom is 0.184 e. The van der Waals surface area contributed by atoms with E-state index in [1.165, 1.54) is 94.1 Å². The van der Waals surface area contributed by atoms with Crippen LogP contribution in [0.25, 0.3) is 55.0 Å². The maximum atomic E-state index is 7.31. The van der Waals surface area contributed by atoms with Gasteiger partial charge in [0.2, 0.25) is 0 Å². The third-order valence-electron chi connectivity index (χ3n) is 13.3. The molecule has 1 fully saturated rings. The summed E-state index contributed by atoms with van der Waals surface area (Å²) in [5.41, 5.74) is 8.63. The fraction of sp³-hybridized carbons (Fsp3) is 0.111. The molecule has 2 atom stereocenters. The number of ether oxygens (including phenoxy) is 1. The molecule has 8 aromatic carbocycles. The Labute approximate surface area is 339 Å². The average Bonchev–Trinajstić information content (AvgIpc) is 3.95. The molecule has 12 rings (SSSR count). The molecule has 0 amide bonds. The Hall–Kier alpha value is -6.62. The van der Waals surface area contributed by atoms with Crippen LogP contribution in [0.4, 0.5) is 0 Å². The van der Waals surface area contributed by atoms with Gasteiger partial charge in [0.25, 0.3) is 0 Å². The van der Waals surface area contributed by atoms with Crippen molar-refractivity contribution in [1.82, 2.24) is 9.13 Å². The molecule has 278 valence electrons. The minimum absolute atomic E-state index is 0.207. The van der Waals surface area contributed by atoms with Crippen molar-refractivity contribution in [1.29, 1.82) is 0 Å². The minimum Gasteiger partial charge on any atom is -0.490 e. The van der Waals surface area contributed by atoms with E-state index >= 15 is 0 Å². The summed E-state index contributed by atoms with van der Waals surface area (Å²) in [6.07, 6.45) is 4.93. The van der Waals surface area contributed by atoms with E-state index in [-0.39, 0.29) is 6.10 Å². The van der Waals surface area contributed by atoms with Crippen LogP contribution in [0.1, 0.15) is 37.2 Å². The molecule has 0 radical (unpaired) electrons. The molecule has 0 spiro atoms. The number of nitrogens with zero attached hydrogens (tertiary/aromatic N) is 2. The Morgan fingerprint density at radius 2 is 0.879 bits per heavy atom. The van der Waals surface area contributed by atoms with Crippen LogP contribution in [0.3, 0.4) is 0 Å². The molecule has 2 unspecified atom stereocenters. The number of rotatable bonds is 6. The average molecular weight is 763 g/mol. The quantitative estimate of drug-likeness (QED) is 0.122. The highest BCUT2D eigenvalue weighted by Gasteiger charge is 2.48. The van der Waals surface area contributed by atoms with Crippen molar-refractivity contribution in [2.45, 2.75) is 37.7 Å². The third kappa shape index (κ3) is 4.85. The highest BCUT2D eigenvalue weighted by atomic mass is 28.3. The van der Waals surface area contributed by atoms with E-state index in [1.54, 1.807) is 0 Å². The number of benzene rings is 8. The second-order valence-corrected chi connectivity index (χ2v) is 20.0. The molecule has 3 nitrogen and oxygen atoms in total. The van der Waals surface area contributed by atoms with Crippen molar-refractivity contribution >= 4 is 72.4 Å². The van der Waals surface area contributed by atoms with Crippen molar-refractivity contribution in [2.75, 3.05) is 0 Å². The van der Waals surface area contributed by atoms with Gasteiger partial charge in [-0.3, -0.25) is 0 Å². The summed E-state index contributed by atoms with van der Waals surface area (Å²) >= 11 is 0. The number of aromatic nitrogens is 2. The second kappa shape index (κ2) is 13.2. The molecule has 10 aromatic rings. The van der Waals surface area contributed by atoms with E-state index in [1.807, 2.05) is 0 Å². The fourth-order valence-electron chi connectivity index (χ4n) is 10.8. The number of hydrogen-bond acceptors (Lipinski definition) is 1. The van der Waals surface area contributed by atoms with Gasteiger partial charge in [-0.1, -0.05) is 152 Å². The number of fused-ring (bicyclic) bond motifs is 9. The lowest BCUT2D eigenvalue weighted by atomic mass is 9.83.